The van der Waals surface area contributed by atoms with Crippen LogP contribution in [-0.4, -0.2) is 12.4 Å². The Balaban J connectivity index is 1.84. The fourth-order valence-corrected chi connectivity index (χ4v) is 2.89. The molecule has 1 fully saturated rings. The molecule has 2 aliphatic rings. The third-order valence-corrected chi connectivity index (χ3v) is 3.80. The molecule has 2 heteroatoms. The molecule has 0 bridgehead atoms. The van der Waals surface area contributed by atoms with E-state index in [1.165, 1.54) is 12.8 Å². The van der Waals surface area contributed by atoms with Gasteiger partial charge in [0, 0.05) is 11.5 Å². The molecule has 1 heterocycles. The van der Waals surface area contributed by atoms with E-state index in [0.29, 0.717) is 18.3 Å². The Labute approximate surface area is 95.6 Å². The fourth-order valence-electron chi connectivity index (χ4n) is 2.89. The lowest BCUT2D eigenvalue weighted by molar-refractivity contribution is -0.124. The third-order valence-electron chi connectivity index (χ3n) is 3.80. The number of ether oxygens (including phenoxy) is 1. The Morgan fingerprint density at radius 3 is 2.75 bits per heavy atom. The van der Waals surface area contributed by atoms with Gasteiger partial charge in [0.15, 0.2) is 0 Å². The molecule has 0 N–H and O–H groups in total. The Morgan fingerprint density at radius 1 is 1.19 bits per heavy atom. The number of hydrogen-bond donors (Lipinski definition) is 0. The zero-order valence-corrected chi connectivity index (χ0v) is 9.32. The molecule has 0 radical (unpaired) electrons. The van der Waals surface area contributed by atoms with Gasteiger partial charge in [-0.3, -0.25) is 4.79 Å². The van der Waals surface area contributed by atoms with Crippen molar-refractivity contribution in [2.45, 2.75) is 31.6 Å². The van der Waals surface area contributed by atoms with Crippen molar-refractivity contribution < 1.29 is 9.53 Å². The first-order valence-corrected chi connectivity index (χ1v) is 6.12. The number of carbonyl (C=O) groups is 1. The molecule has 16 heavy (non-hydrogen) atoms. The van der Waals surface area contributed by atoms with Crippen LogP contribution in [-0.2, 0) is 4.79 Å². The predicted molar refractivity (Wildman–Crippen MR) is 61.6 cm³/mol. The third kappa shape index (κ3) is 1.53. The molecule has 0 aromatic heterocycles. The van der Waals surface area contributed by atoms with E-state index in [0.717, 1.165) is 24.2 Å². The van der Waals surface area contributed by atoms with E-state index in [9.17, 15) is 4.79 Å². The van der Waals surface area contributed by atoms with Crippen LogP contribution in [0.4, 0.5) is 0 Å². The lowest BCUT2D eigenvalue weighted by atomic mass is 9.88. The van der Waals surface area contributed by atoms with Gasteiger partial charge >= 0.3 is 0 Å². The second-order valence-electron chi connectivity index (χ2n) is 4.79. The fraction of sp³-hybridized carbons (Fsp3) is 0.500. The minimum atomic E-state index is -0.000648. The highest BCUT2D eigenvalue weighted by Crippen LogP contribution is 2.38. The second-order valence-corrected chi connectivity index (χ2v) is 4.79. The lowest BCUT2D eigenvalue weighted by Crippen LogP contribution is -2.21. The highest BCUT2D eigenvalue weighted by atomic mass is 16.5. The van der Waals surface area contributed by atoms with Crippen molar-refractivity contribution in [3.8, 4) is 5.75 Å². The van der Waals surface area contributed by atoms with E-state index < -0.39 is 0 Å². The topological polar surface area (TPSA) is 26.3 Å². The van der Waals surface area contributed by atoms with Crippen LogP contribution in [0.3, 0.4) is 0 Å². The maximum Gasteiger partial charge on any atom is 0.146 e. The molecule has 0 spiro atoms. The van der Waals surface area contributed by atoms with Crippen molar-refractivity contribution in [2.75, 3.05) is 6.61 Å². The van der Waals surface area contributed by atoms with Gasteiger partial charge in [0.25, 0.3) is 0 Å². The number of para-hydroxylation sites is 1. The normalized spacial score (nSPS) is 24.1. The average Bonchev–Trinajstić information content (AvgIpc) is 2.98. The standard InChI is InChI=1S/C14H16O2/c15-14(10-5-1-2-6-10)12-9-16-13-8-4-3-7-11(12)13/h3-4,7-8,10,12H,1-2,5-6,9H2. The van der Waals surface area contributed by atoms with Crippen LogP contribution in [0.25, 0.3) is 0 Å². The number of Topliss-reactive ketones (excluding diaryl/α,β-unsaturated/α-hetero) is 1. The first-order valence-electron chi connectivity index (χ1n) is 6.12. The number of rotatable bonds is 2. The predicted octanol–water partition coefficient (Wildman–Crippen LogP) is 2.92. The van der Waals surface area contributed by atoms with E-state index in [2.05, 4.69) is 0 Å². The molecular weight excluding hydrogens is 200 g/mol. The minimum absolute atomic E-state index is 0.000648. The van der Waals surface area contributed by atoms with Crippen LogP contribution in [0.2, 0.25) is 0 Å². The van der Waals surface area contributed by atoms with Crippen molar-refractivity contribution in [1.82, 2.24) is 0 Å². The number of fused-ring (bicyclic) bond motifs is 1. The van der Waals surface area contributed by atoms with Crippen LogP contribution in [0, 0.1) is 5.92 Å². The first kappa shape index (κ1) is 9.88. The van der Waals surface area contributed by atoms with Crippen LogP contribution >= 0.6 is 0 Å². The molecular formula is C14H16O2. The quantitative estimate of drug-likeness (QED) is 0.759. The molecule has 2 nitrogen and oxygen atoms in total. The summed E-state index contributed by atoms with van der Waals surface area (Å²) in [5.74, 6) is 1.60. The van der Waals surface area contributed by atoms with Gasteiger partial charge in [0.1, 0.15) is 18.1 Å². The van der Waals surface area contributed by atoms with Gasteiger partial charge in [-0.1, -0.05) is 31.0 Å². The summed E-state index contributed by atoms with van der Waals surface area (Å²) >= 11 is 0. The van der Waals surface area contributed by atoms with E-state index in [1.54, 1.807) is 0 Å². The lowest BCUT2D eigenvalue weighted by Gasteiger charge is -2.13. The van der Waals surface area contributed by atoms with Crippen molar-refractivity contribution in [2.24, 2.45) is 5.92 Å². The van der Waals surface area contributed by atoms with E-state index in [1.807, 2.05) is 24.3 Å². The molecule has 1 aliphatic carbocycles. The molecule has 1 aromatic rings. The second kappa shape index (κ2) is 3.93. The van der Waals surface area contributed by atoms with Gasteiger partial charge in [-0.25, -0.2) is 0 Å². The van der Waals surface area contributed by atoms with Crippen molar-refractivity contribution in [1.29, 1.82) is 0 Å². The number of carbonyl (C=O) groups excluding carboxylic acids is 1. The van der Waals surface area contributed by atoms with Gasteiger partial charge < -0.3 is 4.74 Å². The summed E-state index contributed by atoms with van der Waals surface area (Å²) in [6.45, 7) is 0.550. The van der Waals surface area contributed by atoms with Gasteiger partial charge in [-0.05, 0) is 18.9 Å². The summed E-state index contributed by atoms with van der Waals surface area (Å²) in [5.41, 5.74) is 1.10. The zero-order chi connectivity index (χ0) is 11.0. The van der Waals surface area contributed by atoms with E-state index in [-0.39, 0.29) is 5.92 Å². The van der Waals surface area contributed by atoms with Crippen LogP contribution in [0.1, 0.15) is 37.2 Å². The van der Waals surface area contributed by atoms with Crippen LogP contribution in [0.15, 0.2) is 24.3 Å². The van der Waals surface area contributed by atoms with Crippen molar-refractivity contribution >= 4 is 5.78 Å². The number of benzene rings is 1. The molecule has 0 amide bonds. The SMILES string of the molecule is O=C(C1CCCC1)C1COc2ccccc21. The Hall–Kier alpha value is -1.31. The molecule has 1 aliphatic heterocycles. The van der Waals surface area contributed by atoms with Crippen LogP contribution < -0.4 is 4.74 Å². The number of hydrogen-bond acceptors (Lipinski definition) is 2. The summed E-state index contributed by atoms with van der Waals surface area (Å²) in [6, 6.07) is 7.93. The van der Waals surface area contributed by atoms with E-state index in [4.69, 9.17) is 4.74 Å². The number of ketones is 1. The van der Waals surface area contributed by atoms with Crippen molar-refractivity contribution in [3.05, 3.63) is 29.8 Å². The molecule has 1 atom stereocenters. The maximum atomic E-state index is 12.3. The monoisotopic (exact) mass is 216 g/mol. The highest BCUT2D eigenvalue weighted by Gasteiger charge is 2.35. The van der Waals surface area contributed by atoms with Gasteiger partial charge in [0.2, 0.25) is 0 Å². The van der Waals surface area contributed by atoms with Crippen molar-refractivity contribution in [3.63, 3.8) is 0 Å². The largest absolute Gasteiger partial charge is 0.492 e. The molecule has 84 valence electrons. The molecule has 1 aromatic carbocycles. The Bertz CT molecular complexity index is 405. The Morgan fingerprint density at radius 2 is 1.94 bits per heavy atom. The average molecular weight is 216 g/mol. The van der Waals surface area contributed by atoms with Gasteiger partial charge in [0.05, 0.1) is 5.92 Å². The minimum Gasteiger partial charge on any atom is -0.492 e. The maximum absolute atomic E-state index is 12.3. The summed E-state index contributed by atoms with van der Waals surface area (Å²) in [7, 11) is 0. The van der Waals surface area contributed by atoms with Gasteiger partial charge in [-0.2, -0.15) is 0 Å². The van der Waals surface area contributed by atoms with Crippen LogP contribution in [0.5, 0.6) is 5.75 Å². The smallest absolute Gasteiger partial charge is 0.146 e. The molecule has 1 unspecified atom stereocenters. The van der Waals surface area contributed by atoms with Gasteiger partial charge in [-0.15, -0.1) is 0 Å². The van der Waals surface area contributed by atoms with E-state index >= 15 is 0 Å². The Kier molecular flexibility index (Phi) is 2.43. The summed E-state index contributed by atoms with van der Waals surface area (Å²) in [5, 5.41) is 0. The summed E-state index contributed by atoms with van der Waals surface area (Å²) in [4.78, 5) is 12.3. The first-order chi connectivity index (χ1) is 7.86. The summed E-state index contributed by atoms with van der Waals surface area (Å²) < 4.78 is 5.57. The summed E-state index contributed by atoms with van der Waals surface area (Å²) in [6.07, 6.45) is 4.59. The molecule has 0 saturated heterocycles. The zero-order valence-electron chi connectivity index (χ0n) is 9.32. The highest BCUT2D eigenvalue weighted by molar-refractivity contribution is 5.89. The molecule has 1 saturated carbocycles. The molecule has 3 rings (SSSR count).